The van der Waals surface area contributed by atoms with Crippen LogP contribution in [0.15, 0.2) is 18.2 Å². The van der Waals surface area contributed by atoms with E-state index in [-0.39, 0.29) is 30.8 Å². The van der Waals surface area contributed by atoms with Crippen LogP contribution in [0.2, 0.25) is 0 Å². The van der Waals surface area contributed by atoms with Gasteiger partial charge in [-0.25, -0.2) is 0 Å². The van der Waals surface area contributed by atoms with E-state index >= 15 is 0 Å². The van der Waals surface area contributed by atoms with Crippen LogP contribution >= 0.6 is 0 Å². The molecule has 0 fully saturated rings. The standard InChI is InChI=1S/C17H25N3O3/c1-5-18-15(21)11-20(6-2)16(22)10-19-17(23)14-8-7-12(3)13(4)9-14/h7-9H,5-6,10-11H2,1-4H3,(H,18,21)(H,19,23). The first-order valence-corrected chi connectivity index (χ1v) is 7.78. The zero-order valence-corrected chi connectivity index (χ0v) is 14.2. The summed E-state index contributed by atoms with van der Waals surface area (Å²) in [4.78, 5) is 37.2. The Kier molecular flexibility index (Phi) is 7.25. The molecule has 6 nitrogen and oxygen atoms in total. The smallest absolute Gasteiger partial charge is 0.251 e. The van der Waals surface area contributed by atoms with Crippen LogP contribution in [0.1, 0.15) is 35.3 Å². The number of likely N-dealkylation sites (N-methyl/N-ethyl adjacent to an activating group) is 2. The number of nitrogens with zero attached hydrogens (tertiary/aromatic N) is 1. The lowest BCUT2D eigenvalue weighted by atomic mass is 10.1. The number of amides is 3. The van der Waals surface area contributed by atoms with Gasteiger partial charge in [0.05, 0.1) is 13.1 Å². The second-order valence-corrected chi connectivity index (χ2v) is 5.34. The Balaban J connectivity index is 2.57. The summed E-state index contributed by atoms with van der Waals surface area (Å²) in [5, 5.41) is 5.25. The first-order chi connectivity index (χ1) is 10.9. The zero-order valence-electron chi connectivity index (χ0n) is 14.2. The maximum atomic E-state index is 12.1. The van der Waals surface area contributed by atoms with Crippen LogP contribution in [0.25, 0.3) is 0 Å². The molecular weight excluding hydrogens is 294 g/mol. The fourth-order valence-electron chi connectivity index (χ4n) is 2.06. The Morgan fingerprint density at radius 2 is 1.74 bits per heavy atom. The van der Waals surface area contributed by atoms with Crippen LogP contribution < -0.4 is 10.6 Å². The third kappa shape index (κ3) is 5.73. The number of carbonyl (C=O) groups is 3. The van der Waals surface area contributed by atoms with Crippen molar-refractivity contribution in [3.8, 4) is 0 Å². The van der Waals surface area contributed by atoms with Crippen LogP contribution in [0.4, 0.5) is 0 Å². The number of hydrogen-bond donors (Lipinski definition) is 2. The Bertz CT molecular complexity index is 584. The first kappa shape index (κ1) is 18.7. The van der Waals surface area contributed by atoms with Crippen molar-refractivity contribution in [2.45, 2.75) is 27.7 Å². The second kappa shape index (κ2) is 8.92. The predicted molar refractivity (Wildman–Crippen MR) is 89.2 cm³/mol. The summed E-state index contributed by atoms with van der Waals surface area (Å²) in [5.74, 6) is -0.783. The van der Waals surface area contributed by atoms with Crippen LogP contribution in [0.3, 0.4) is 0 Å². The van der Waals surface area contributed by atoms with Crippen LogP contribution in [0, 0.1) is 13.8 Å². The number of carbonyl (C=O) groups excluding carboxylic acids is 3. The second-order valence-electron chi connectivity index (χ2n) is 5.34. The Labute approximate surface area is 137 Å². The third-order valence-corrected chi connectivity index (χ3v) is 3.61. The van der Waals surface area contributed by atoms with Gasteiger partial charge in [-0.05, 0) is 51.0 Å². The predicted octanol–water partition coefficient (Wildman–Crippen LogP) is 1.02. The maximum absolute atomic E-state index is 12.1. The molecule has 0 aliphatic rings. The van der Waals surface area contributed by atoms with Gasteiger partial charge in [-0.3, -0.25) is 14.4 Å². The fraction of sp³-hybridized carbons (Fsp3) is 0.471. The van der Waals surface area contributed by atoms with Crippen molar-refractivity contribution < 1.29 is 14.4 Å². The molecule has 0 saturated heterocycles. The van der Waals surface area contributed by atoms with Gasteiger partial charge < -0.3 is 15.5 Å². The van der Waals surface area contributed by atoms with E-state index in [2.05, 4.69) is 10.6 Å². The summed E-state index contributed by atoms with van der Waals surface area (Å²) in [7, 11) is 0. The minimum absolute atomic E-state index is 0.00266. The number of benzene rings is 1. The summed E-state index contributed by atoms with van der Waals surface area (Å²) in [5.41, 5.74) is 2.65. The lowest BCUT2D eigenvalue weighted by Crippen LogP contribution is -2.45. The van der Waals surface area contributed by atoms with Gasteiger partial charge in [0.15, 0.2) is 0 Å². The molecule has 0 spiro atoms. The molecule has 0 saturated carbocycles. The number of aryl methyl sites for hydroxylation is 2. The molecule has 0 aromatic heterocycles. The van der Waals surface area contributed by atoms with E-state index in [1.165, 1.54) is 4.90 Å². The molecule has 1 aromatic rings. The molecule has 0 atom stereocenters. The molecule has 0 aliphatic heterocycles. The fourth-order valence-corrected chi connectivity index (χ4v) is 2.06. The van der Waals surface area contributed by atoms with E-state index in [1.807, 2.05) is 26.8 Å². The number of rotatable bonds is 7. The van der Waals surface area contributed by atoms with E-state index in [9.17, 15) is 14.4 Å². The van der Waals surface area contributed by atoms with Crippen molar-refractivity contribution in [3.05, 3.63) is 34.9 Å². The van der Waals surface area contributed by atoms with Gasteiger partial charge in [0.1, 0.15) is 0 Å². The lowest BCUT2D eigenvalue weighted by Gasteiger charge is -2.20. The third-order valence-electron chi connectivity index (χ3n) is 3.61. The Hall–Kier alpha value is -2.37. The van der Waals surface area contributed by atoms with Crippen molar-refractivity contribution in [1.82, 2.24) is 15.5 Å². The van der Waals surface area contributed by atoms with Crippen molar-refractivity contribution in [2.24, 2.45) is 0 Å². The van der Waals surface area contributed by atoms with Crippen LogP contribution in [-0.2, 0) is 9.59 Å². The average molecular weight is 319 g/mol. The summed E-state index contributed by atoms with van der Waals surface area (Å²) >= 11 is 0. The monoisotopic (exact) mass is 319 g/mol. The normalized spacial score (nSPS) is 10.1. The minimum Gasteiger partial charge on any atom is -0.355 e. The quantitative estimate of drug-likeness (QED) is 0.787. The molecule has 2 N–H and O–H groups in total. The lowest BCUT2D eigenvalue weighted by molar-refractivity contribution is -0.135. The van der Waals surface area contributed by atoms with Gasteiger partial charge in [0.2, 0.25) is 11.8 Å². The van der Waals surface area contributed by atoms with Gasteiger partial charge in [-0.2, -0.15) is 0 Å². The summed E-state index contributed by atoms with van der Waals surface area (Å²) in [6.45, 7) is 8.33. The van der Waals surface area contributed by atoms with Crippen molar-refractivity contribution in [1.29, 1.82) is 0 Å². The van der Waals surface area contributed by atoms with E-state index in [4.69, 9.17) is 0 Å². The summed E-state index contributed by atoms with van der Waals surface area (Å²) in [6, 6.07) is 5.40. The molecule has 6 heteroatoms. The van der Waals surface area contributed by atoms with Crippen LogP contribution in [-0.4, -0.2) is 48.8 Å². The highest BCUT2D eigenvalue weighted by Gasteiger charge is 2.16. The average Bonchev–Trinajstić information content (AvgIpc) is 2.52. The zero-order chi connectivity index (χ0) is 17.4. The van der Waals surface area contributed by atoms with Gasteiger partial charge in [-0.15, -0.1) is 0 Å². The highest BCUT2D eigenvalue weighted by atomic mass is 16.2. The van der Waals surface area contributed by atoms with Gasteiger partial charge >= 0.3 is 0 Å². The number of hydrogen-bond acceptors (Lipinski definition) is 3. The molecule has 0 aliphatic carbocycles. The topological polar surface area (TPSA) is 78.5 Å². The highest BCUT2D eigenvalue weighted by Crippen LogP contribution is 2.09. The molecular formula is C17H25N3O3. The van der Waals surface area contributed by atoms with E-state index in [1.54, 1.807) is 19.1 Å². The van der Waals surface area contributed by atoms with E-state index < -0.39 is 0 Å². The first-order valence-electron chi connectivity index (χ1n) is 7.78. The van der Waals surface area contributed by atoms with E-state index in [0.717, 1.165) is 11.1 Å². The molecule has 0 radical (unpaired) electrons. The van der Waals surface area contributed by atoms with E-state index in [0.29, 0.717) is 18.7 Å². The molecule has 3 amide bonds. The van der Waals surface area contributed by atoms with Gasteiger partial charge in [0.25, 0.3) is 5.91 Å². The van der Waals surface area contributed by atoms with Gasteiger partial charge in [-0.1, -0.05) is 6.07 Å². The summed E-state index contributed by atoms with van der Waals surface area (Å²) in [6.07, 6.45) is 0. The summed E-state index contributed by atoms with van der Waals surface area (Å²) < 4.78 is 0. The van der Waals surface area contributed by atoms with Crippen molar-refractivity contribution in [2.75, 3.05) is 26.2 Å². The largest absolute Gasteiger partial charge is 0.355 e. The highest BCUT2D eigenvalue weighted by molar-refractivity contribution is 5.97. The Morgan fingerprint density at radius 1 is 1.04 bits per heavy atom. The molecule has 1 rings (SSSR count). The van der Waals surface area contributed by atoms with Crippen LogP contribution in [0.5, 0.6) is 0 Å². The molecule has 126 valence electrons. The maximum Gasteiger partial charge on any atom is 0.251 e. The van der Waals surface area contributed by atoms with Crippen molar-refractivity contribution >= 4 is 17.7 Å². The Morgan fingerprint density at radius 3 is 2.30 bits per heavy atom. The number of nitrogens with one attached hydrogen (secondary N) is 2. The molecule has 0 unspecified atom stereocenters. The molecule has 0 bridgehead atoms. The van der Waals surface area contributed by atoms with Gasteiger partial charge in [0, 0.05) is 18.7 Å². The van der Waals surface area contributed by atoms with Crippen molar-refractivity contribution in [3.63, 3.8) is 0 Å². The SMILES string of the molecule is CCNC(=O)CN(CC)C(=O)CNC(=O)c1ccc(C)c(C)c1. The molecule has 23 heavy (non-hydrogen) atoms. The minimum atomic E-state index is -0.296. The molecule has 0 heterocycles. The molecule has 1 aromatic carbocycles.